The van der Waals surface area contributed by atoms with E-state index in [1.54, 1.807) is 19.4 Å². The van der Waals surface area contributed by atoms with Crippen LogP contribution in [0.2, 0.25) is 0 Å². The first-order valence-electron chi connectivity index (χ1n) is 5.37. The molecule has 88 valence electrons. The van der Waals surface area contributed by atoms with Gasteiger partial charge in [0.25, 0.3) is 0 Å². The molecular formula is C12H13N3O2. The summed E-state index contributed by atoms with van der Waals surface area (Å²) < 4.78 is 1.89. The molecule has 0 fully saturated rings. The third-order valence-corrected chi connectivity index (χ3v) is 2.63. The first-order chi connectivity index (χ1) is 8.16. The molecule has 0 saturated heterocycles. The van der Waals surface area contributed by atoms with E-state index in [4.69, 9.17) is 0 Å². The van der Waals surface area contributed by atoms with E-state index in [0.717, 1.165) is 11.3 Å². The van der Waals surface area contributed by atoms with Gasteiger partial charge in [0.05, 0.1) is 6.33 Å². The molecular weight excluding hydrogens is 218 g/mol. The summed E-state index contributed by atoms with van der Waals surface area (Å²) in [6.45, 7) is 1.61. The van der Waals surface area contributed by atoms with Crippen LogP contribution in [-0.2, 0) is 6.42 Å². The molecule has 0 aliphatic rings. The fourth-order valence-electron chi connectivity index (χ4n) is 1.63. The average Bonchev–Trinajstić information content (AvgIpc) is 2.83. The van der Waals surface area contributed by atoms with Crippen LogP contribution in [0.5, 0.6) is 0 Å². The molecule has 0 amide bonds. The van der Waals surface area contributed by atoms with Crippen molar-refractivity contribution in [2.45, 2.75) is 19.4 Å². The number of imidazole rings is 1. The van der Waals surface area contributed by atoms with E-state index < -0.39 is 6.04 Å². The topological polar surface area (TPSA) is 61.0 Å². The van der Waals surface area contributed by atoms with Gasteiger partial charge in [0.15, 0.2) is 0 Å². The third kappa shape index (κ3) is 2.69. The van der Waals surface area contributed by atoms with Gasteiger partial charge < -0.3 is 4.57 Å². The Labute approximate surface area is 98.9 Å². The van der Waals surface area contributed by atoms with Crippen LogP contribution in [0.25, 0.3) is 5.69 Å². The summed E-state index contributed by atoms with van der Waals surface area (Å²) in [5, 5.41) is 10.6. The van der Waals surface area contributed by atoms with Crippen molar-refractivity contribution < 1.29 is 4.92 Å². The lowest BCUT2D eigenvalue weighted by Crippen LogP contribution is -2.17. The van der Waals surface area contributed by atoms with E-state index >= 15 is 0 Å². The molecule has 0 radical (unpaired) electrons. The molecule has 5 nitrogen and oxygen atoms in total. The van der Waals surface area contributed by atoms with Crippen LogP contribution >= 0.6 is 0 Å². The van der Waals surface area contributed by atoms with Crippen molar-refractivity contribution in [1.82, 2.24) is 9.55 Å². The van der Waals surface area contributed by atoms with Crippen LogP contribution in [-0.4, -0.2) is 20.5 Å². The zero-order valence-corrected chi connectivity index (χ0v) is 9.48. The smallest absolute Gasteiger partial charge is 0.214 e. The number of aromatic nitrogens is 2. The van der Waals surface area contributed by atoms with Gasteiger partial charge in [-0.2, -0.15) is 0 Å². The van der Waals surface area contributed by atoms with Gasteiger partial charge in [-0.15, -0.1) is 0 Å². The maximum absolute atomic E-state index is 10.6. The Morgan fingerprint density at radius 3 is 2.65 bits per heavy atom. The Morgan fingerprint density at radius 1 is 1.41 bits per heavy atom. The minimum atomic E-state index is -0.547. The molecule has 0 spiro atoms. The van der Waals surface area contributed by atoms with E-state index in [2.05, 4.69) is 4.98 Å². The van der Waals surface area contributed by atoms with E-state index in [-0.39, 0.29) is 4.92 Å². The first-order valence-corrected chi connectivity index (χ1v) is 5.37. The lowest BCUT2D eigenvalue weighted by atomic mass is 10.1. The second-order valence-electron chi connectivity index (χ2n) is 3.97. The number of hydrogen-bond donors (Lipinski definition) is 0. The van der Waals surface area contributed by atoms with Gasteiger partial charge in [-0.05, 0) is 17.7 Å². The molecule has 1 aromatic heterocycles. The summed E-state index contributed by atoms with van der Waals surface area (Å²) in [5.74, 6) is 0. The van der Waals surface area contributed by atoms with Crippen LogP contribution < -0.4 is 0 Å². The van der Waals surface area contributed by atoms with E-state index in [1.165, 1.54) is 0 Å². The monoisotopic (exact) mass is 231 g/mol. The predicted molar refractivity (Wildman–Crippen MR) is 63.7 cm³/mol. The highest BCUT2D eigenvalue weighted by molar-refractivity contribution is 5.34. The van der Waals surface area contributed by atoms with Gasteiger partial charge in [-0.25, -0.2) is 4.98 Å². The third-order valence-electron chi connectivity index (χ3n) is 2.63. The maximum atomic E-state index is 10.6. The van der Waals surface area contributed by atoms with Gasteiger partial charge in [0, 0.05) is 36.3 Å². The van der Waals surface area contributed by atoms with Crippen molar-refractivity contribution in [2.24, 2.45) is 0 Å². The fraction of sp³-hybridized carbons (Fsp3) is 0.250. The van der Waals surface area contributed by atoms with Crippen LogP contribution in [0.15, 0.2) is 43.0 Å². The largest absolute Gasteiger partial charge is 0.306 e. The molecule has 5 heteroatoms. The van der Waals surface area contributed by atoms with Crippen molar-refractivity contribution in [1.29, 1.82) is 0 Å². The summed E-state index contributed by atoms with van der Waals surface area (Å²) in [6, 6.07) is 7.15. The highest BCUT2D eigenvalue weighted by Gasteiger charge is 2.13. The van der Waals surface area contributed by atoms with Crippen LogP contribution in [0.4, 0.5) is 0 Å². The molecule has 1 unspecified atom stereocenters. The first kappa shape index (κ1) is 11.3. The summed E-state index contributed by atoms with van der Waals surface area (Å²) in [6.07, 6.45) is 5.74. The molecule has 17 heavy (non-hydrogen) atoms. The Bertz CT molecular complexity index is 491. The van der Waals surface area contributed by atoms with Gasteiger partial charge >= 0.3 is 0 Å². The minimum absolute atomic E-state index is 0.260. The number of benzene rings is 1. The molecule has 0 saturated carbocycles. The van der Waals surface area contributed by atoms with Gasteiger partial charge in [-0.1, -0.05) is 12.1 Å². The lowest BCUT2D eigenvalue weighted by Gasteiger charge is -2.06. The van der Waals surface area contributed by atoms with Crippen molar-refractivity contribution in [3.63, 3.8) is 0 Å². The molecule has 2 aromatic rings. The summed E-state index contributed by atoms with van der Waals surface area (Å²) in [5.41, 5.74) is 1.97. The lowest BCUT2D eigenvalue weighted by molar-refractivity contribution is -0.517. The molecule has 1 heterocycles. The highest BCUT2D eigenvalue weighted by atomic mass is 16.6. The fourth-order valence-corrected chi connectivity index (χ4v) is 1.63. The second-order valence-corrected chi connectivity index (χ2v) is 3.97. The zero-order chi connectivity index (χ0) is 12.3. The molecule has 1 aromatic carbocycles. The maximum Gasteiger partial charge on any atom is 0.214 e. The molecule has 0 N–H and O–H groups in total. The minimum Gasteiger partial charge on any atom is -0.306 e. The number of nitrogens with zero attached hydrogens (tertiary/aromatic N) is 3. The quantitative estimate of drug-likeness (QED) is 0.597. The van der Waals surface area contributed by atoms with Crippen LogP contribution in [0.1, 0.15) is 12.5 Å². The SMILES string of the molecule is CC(Cc1ccc(-n2ccnc2)cc1)[N+](=O)[O-]. The van der Waals surface area contributed by atoms with E-state index in [1.807, 2.05) is 35.0 Å². The van der Waals surface area contributed by atoms with Crippen molar-refractivity contribution in [3.05, 3.63) is 58.7 Å². The highest BCUT2D eigenvalue weighted by Crippen LogP contribution is 2.11. The van der Waals surface area contributed by atoms with Crippen molar-refractivity contribution >= 4 is 0 Å². The average molecular weight is 231 g/mol. The van der Waals surface area contributed by atoms with E-state index in [0.29, 0.717) is 6.42 Å². The molecule has 2 rings (SSSR count). The van der Waals surface area contributed by atoms with Crippen molar-refractivity contribution in [2.75, 3.05) is 0 Å². The number of hydrogen-bond acceptors (Lipinski definition) is 3. The Morgan fingerprint density at radius 2 is 2.12 bits per heavy atom. The van der Waals surface area contributed by atoms with Crippen molar-refractivity contribution in [3.8, 4) is 5.69 Å². The standard InChI is InChI=1S/C12H13N3O2/c1-10(15(16)17)8-11-2-4-12(5-3-11)14-7-6-13-9-14/h2-7,9-10H,8H2,1H3. The summed E-state index contributed by atoms with van der Waals surface area (Å²) in [4.78, 5) is 14.3. The number of nitro groups is 1. The molecule has 1 atom stereocenters. The normalized spacial score (nSPS) is 12.3. The number of rotatable bonds is 4. The van der Waals surface area contributed by atoms with Crippen LogP contribution in [0, 0.1) is 10.1 Å². The van der Waals surface area contributed by atoms with Crippen LogP contribution in [0.3, 0.4) is 0 Å². The Balaban J connectivity index is 2.11. The zero-order valence-electron chi connectivity index (χ0n) is 9.48. The summed E-state index contributed by atoms with van der Waals surface area (Å²) in [7, 11) is 0. The van der Waals surface area contributed by atoms with Gasteiger partial charge in [0.1, 0.15) is 0 Å². The summed E-state index contributed by atoms with van der Waals surface area (Å²) >= 11 is 0. The van der Waals surface area contributed by atoms with Gasteiger partial charge in [0.2, 0.25) is 6.04 Å². The Kier molecular flexibility index (Phi) is 3.18. The Hall–Kier alpha value is -2.17. The molecule has 0 bridgehead atoms. The molecule has 0 aliphatic heterocycles. The predicted octanol–water partition coefficient (Wildman–Crippen LogP) is 2.08. The van der Waals surface area contributed by atoms with E-state index in [9.17, 15) is 10.1 Å². The van der Waals surface area contributed by atoms with Gasteiger partial charge in [-0.3, -0.25) is 10.1 Å². The second kappa shape index (κ2) is 4.78. The molecule has 0 aliphatic carbocycles.